The number of hydrogen-bond donors (Lipinski definition) is 1. The minimum Gasteiger partial charge on any atom is -0.486 e. The molecule has 3 nitrogen and oxygen atoms in total. The Morgan fingerprint density at radius 2 is 2.44 bits per heavy atom. The topological polar surface area (TPSA) is 34.1 Å². The van der Waals surface area contributed by atoms with Gasteiger partial charge >= 0.3 is 0 Å². The second kappa shape index (κ2) is 5.08. The van der Waals surface area contributed by atoms with Gasteiger partial charge in [-0.15, -0.1) is 11.3 Å². The fourth-order valence-electron chi connectivity index (χ4n) is 2.52. The van der Waals surface area contributed by atoms with E-state index in [1.165, 1.54) is 11.1 Å². The van der Waals surface area contributed by atoms with E-state index in [0.29, 0.717) is 12.6 Å². The highest BCUT2D eigenvalue weighted by molar-refractivity contribution is 7.09. The Labute approximate surface area is 111 Å². The molecule has 1 aliphatic carbocycles. The van der Waals surface area contributed by atoms with Crippen LogP contribution in [0, 0.1) is 0 Å². The van der Waals surface area contributed by atoms with Gasteiger partial charge in [0.25, 0.3) is 0 Å². The summed E-state index contributed by atoms with van der Waals surface area (Å²) in [6.45, 7) is 0.568. The summed E-state index contributed by atoms with van der Waals surface area (Å²) in [4.78, 5) is 4.24. The highest BCUT2D eigenvalue weighted by Gasteiger charge is 2.23. The van der Waals surface area contributed by atoms with Gasteiger partial charge in [-0.05, 0) is 37.1 Å². The number of nitrogens with one attached hydrogen (secondary N) is 1. The first kappa shape index (κ1) is 11.7. The summed E-state index contributed by atoms with van der Waals surface area (Å²) in [6.07, 6.45) is 4.06. The summed E-state index contributed by atoms with van der Waals surface area (Å²) in [5, 5.41) is 6.35. The predicted octanol–water partition coefficient (Wildman–Crippen LogP) is 2.93. The summed E-state index contributed by atoms with van der Waals surface area (Å²) in [7, 11) is 2.02. The Balaban J connectivity index is 1.79. The highest BCUT2D eigenvalue weighted by Crippen LogP contribution is 2.36. The fraction of sp³-hybridized carbons (Fsp3) is 0.357. The number of aromatic nitrogens is 1. The molecule has 2 aromatic rings. The Morgan fingerprint density at radius 3 is 3.22 bits per heavy atom. The molecule has 0 aliphatic heterocycles. The Morgan fingerprint density at radius 1 is 1.50 bits per heavy atom. The summed E-state index contributed by atoms with van der Waals surface area (Å²) in [6, 6.07) is 6.80. The molecule has 3 rings (SSSR count). The standard InChI is InChI=1S/C14H16N2OS/c1-15-12-6-5-11-10(12)3-2-4-13(11)17-9-14-16-7-8-18-14/h2-4,7-8,12,15H,5-6,9H2,1H3. The molecule has 94 valence electrons. The average Bonchev–Trinajstić information content (AvgIpc) is 3.05. The monoisotopic (exact) mass is 260 g/mol. The van der Waals surface area contributed by atoms with Crippen LogP contribution in [0.1, 0.15) is 28.6 Å². The van der Waals surface area contributed by atoms with Crippen molar-refractivity contribution in [2.75, 3.05) is 7.05 Å². The average molecular weight is 260 g/mol. The molecule has 0 saturated carbocycles. The van der Waals surface area contributed by atoms with Crippen molar-refractivity contribution in [3.8, 4) is 5.75 Å². The van der Waals surface area contributed by atoms with Crippen LogP contribution in [0.2, 0.25) is 0 Å². The zero-order chi connectivity index (χ0) is 12.4. The first-order valence-corrected chi connectivity index (χ1v) is 7.06. The Bertz CT molecular complexity index is 525. The van der Waals surface area contributed by atoms with Crippen molar-refractivity contribution in [3.05, 3.63) is 45.9 Å². The largest absolute Gasteiger partial charge is 0.486 e. The van der Waals surface area contributed by atoms with Crippen LogP contribution in [0.15, 0.2) is 29.8 Å². The van der Waals surface area contributed by atoms with E-state index in [-0.39, 0.29) is 0 Å². The van der Waals surface area contributed by atoms with E-state index < -0.39 is 0 Å². The number of hydrogen-bond acceptors (Lipinski definition) is 4. The molecule has 4 heteroatoms. The molecule has 1 atom stereocenters. The van der Waals surface area contributed by atoms with Crippen LogP contribution in [-0.2, 0) is 13.0 Å². The van der Waals surface area contributed by atoms with E-state index in [0.717, 1.165) is 23.6 Å². The summed E-state index contributed by atoms with van der Waals surface area (Å²) in [5.41, 5.74) is 2.74. The fourth-order valence-corrected chi connectivity index (χ4v) is 3.05. The number of rotatable bonds is 4. The normalized spacial score (nSPS) is 17.7. The Hall–Kier alpha value is -1.39. The number of fused-ring (bicyclic) bond motifs is 1. The van der Waals surface area contributed by atoms with Gasteiger partial charge in [0.2, 0.25) is 0 Å². The lowest BCUT2D eigenvalue weighted by Crippen LogP contribution is -2.12. The first-order valence-electron chi connectivity index (χ1n) is 6.18. The minimum absolute atomic E-state index is 0.475. The number of nitrogens with zero attached hydrogens (tertiary/aromatic N) is 1. The Kier molecular flexibility index (Phi) is 3.30. The molecular weight excluding hydrogens is 244 g/mol. The number of benzene rings is 1. The van der Waals surface area contributed by atoms with Gasteiger partial charge in [0.05, 0.1) is 0 Å². The third-order valence-corrected chi connectivity index (χ3v) is 4.16. The van der Waals surface area contributed by atoms with Gasteiger partial charge in [-0.3, -0.25) is 0 Å². The molecule has 0 amide bonds. The second-order valence-corrected chi connectivity index (χ2v) is 5.40. The molecule has 1 N–H and O–H groups in total. The van der Waals surface area contributed by atoms with Crippen LogP contribution in [0.25, 0.3) is 0 Å². The third kappa shape index (κ3) is 2.13. The van der Waals surface area contributed by atoms with E-state index in [4.69, 9.17) is 4.74 Å². The van der Waals surface area contributed by atoms with Gasteiger partial charge in [0.15, 0.2) is 0 Å². The van der Waals surface area contributed by atoms with Crippen molar-refractivity contribution >= 4 is 11.3 Å². The lowest BCUT2D eigenvalue weighted by atomic mass is 10.1. The van der Waals surface area contributed by atoms with E-state index in [2.05, 4.69) is 28.5 Å². The third-order valence-electron chi connectivity index (χ3n) is 3.41. The molecule has 1 aromatic heterocycles. The zero-order valence-electron chi connectivity index (χ0n) is 10.3. The van der Waals surface area contributed by atoms with Crippen LogP contribution in [0.3, 0.4) is 0 Å². The quantitative estimate of drug-likeness (QED) is 0.917. The summed E-state index contributed by atoms with van der Waals surface area (Å²) < 4.78 is 5.91. The van der Waals surface area contributed by atoms with E-state index >= 15 is 0 Å². The molecule has 1 aromatic carbocycles. The molecule has 1 unspecified atom stereocenters. The molecule has 18 heavy (non-hydrogen) atoms. The van der Waals surface area contributed by atoms with Gasteiger partial charge in [-0.1, -0.05) is 12.1 Å². The molecule has 1 heterocycles. The van der Waals surface area contributed by atoms with Crippen molar-refractivity contribution in [3.63, 3.8) is 0 Å². The van der Waals surface area contributed by atoms with Crippen LogP contribution in [-0.4, -0.2) is 12.0 Å². The maximum absolute atomic E-state index is 5.91. The zero-order valence-corrected chi connectivity index (χ0v) is 11.2. The first-order chi connectivity index (χ1) is 8.88. The predicted molar refractivity (Wildman–Crippen MR) is 73.0 cm³/mol. The SMILES string of the molecule is CNC1CCc2c(OCc3nccs3)cccc21. The number of ether oxygens (including phenoxy) is 1. The maximum atomic E-state index is 5.91. The maximum Gasteiger partial charge on any atom is 0.140 e. The molecule has 0 spiro atoms. The van der Waals surface area contributed by atoms with Gasteiger partial charge in [0, 0.05) is 17.6 Å². The van der Waals surface area contributed by atoms with Crippen molar-refractivity contribution in [2.45, 2.75) is 25.5 Å². The van der Waals surface area contributed by atoms with Crippen LogP contribution >= 0.6 is 11.3 Å². The van der Waals surface area contributed by atoms with Crippen LogP contribution in [0.4, 0.5) is 0 Å². The molecule has 0 saturated heterocycles. The molecule has 0 bridgehead atoms. The molecule has 0 fully saturated rings. The van der Waals surface area contributed by atoms with Gasteiger partial charge in [-0.2, -0.15) is 0 Å². The van der Waals surface area contributed by atoms with Crippen LogP contribution in [0.5, 0.6) is 5.75 Å². The van der Waals surface area contributed by atoms with E-state index in [9.17, 15) is 0 Å². The summed E-state index contributed by atoms with van der Waals surface area (Å²) in [5.74, 6) is 1.01. The number of thiazole rings is 1. The van der Waals surface area contributed by atoms with E-state index in [1.54, 1.807) is 11.3 Å². The van der Waals surface area contributed by atoms with Gasteiger partial charge in [-0.25, -0.2) is 4.98 Å². The molecular formula is C14H16N2OS. The second-order valence-electron chi connectivity index (χ2n) is 4.42. The lowest BCUT2D eigenvalue weighted by molar-refractivity contribution is 0.302. The van der Waals surface area contributed by atoms with Gasteiger partial charge < -0.3 is 10.1 Å². The van der Waals surface area contributed by atoms with Crippen molar-refractivity contribution < 1.29 is 4.74 Å². The molecule has 1 aliphatic rings. The minimum atomic E-state index is 0.475. The van der Waals surface area contributed by atoms with Crippen molar-refractivity contribution in [1.82, 2.24) is 10.3 Å². The highest BCUT2D eigenvalue weighted by atomic mass is 32.1. The van der Waals surface area contributed by atoms with E-state index in [1.807, 2.05) is 18.6 Å². The summed E-state index contributed by atoms with van der Waals surface area (Å²) >= 11 is 1.63. The van der Waals surface area contributed by atoms with Crippen molar-refractivity contribution in [2.24, 2.45) is 0 Å². The lowest BCUT2D eigenvalue weighted by Gasteiger charge is -2.12. The molecule has 0 radical (unpaired) electrons. The van der Waals surface area contributed by atoms with Crippen molar-refractivity contribution in [1.29, 1.82) is 0 Å². The van der Waals surface area contributed by atoms with Crippen LogP contribution < -0.4 is 10.1 Å². The smallest absolute Gasteiger partial charge is 0.140 e. The van der Waals surface area contributed by atoms with Gasteiger partial charge in [0.1, 0.15) is 17.4 Å².